The average molecular weight is 503 g/mol. The summed E-state index contributed by atoms with van der Waals surface area (Å²) < 4.78 is 5.91. The third-order valence-electron chi connectivity index (χ3n) is 7.67. The van der Waals surface area contributed by atoms with Crippen LogP contribution in [0.1, 0.15) is 74.8 Å². The number of phenolic OH excluding ortho intramolecular Hbond substituents is 1. The van der Waals surface area contributed by atoms with Gasteiger partial charge >= 0.3 is 11.7 Å². The Hall–Kier alpha value is -3.94. The summed E-state index contributed by atoms with van der Waals surface area (Å²) in [5, 5.41) is 25.0. The van der Waals surface area contributed by atoms with Gasteiger partial charge in [0.05, 0.1) is 10.5 Å². The molecule has 2 unspecified atom stereocenters. The number of allylic oxidation sites excluding steroid dienone is 3. The zero-order valence-corrected chi connectivity index (χ0v) is 20.7. The van der Waals surface area contributed by atoms with Crippen molar-refractivity contribution in [3.8, 4) is 5.75 Å². The van der Waals surface area contributed by atoms with Crippen molar-refractivity contribution in [1.29, 1.82) is 0 Å². The van der Waals surface area contributed by atoms with Crippen LogP contribution in [0.15, 0.2) is 71.1 Å². The van der Waals surface area contributed by atoms with Crippen molar-refractivity contribution >= 4 is 17.4 Å². The van der Waals surface area contributed by atoms with E-state index >= 15 is 0 Å². The van der Waals surface area contributed by atoms with E-state index in [0.717, 1.165) is 43.4 Å². The van der Waals surface area contributed by atoms with Crippen LogP contribution in [0.3, 0.4) is 0 Å². The van der Waals surface area contributed by atoms with E-state index in [1.54, 1.807) is 13.0 Å². The number of carbonyl (C=O) groups excluding carboxylic acids is 2. The third kappa shape index (κ3) is 4.88. The Kier molecular flexibility index (Phi) is 6.82. The summed E-state index contributed by atoms with van der Waals surface area (Å²) in [4.78, 5) is 38.2. The Labute approximate surface area is 215 Å². The van der Waals surface area contributed by atoms with Crippen LogP contribution in [0.2, 0.25) is 0 Å². The van der Waals surface area contributed by atoms with E-state index in [1.807, 2.05) is 30.3 Å². The molecule has 2 aromatic carbocycles. The summed E-state index contributed by atoms with van der Waals surface area (Å²) in [6.45, 7) is 1.78. The maximum absolute atomic E-state index is 13.7. The highest BCUT2D eigenvalue weighted by atomic mass is 16.6. The van der Waals surface area contributed by atoms with Crippen molar-refractivity contribution in [3.63, 3.8) is 0 Å². The van der Waals surface area contributed by atoms with E-state index in [4.69, 9.17) is 4.74 Å². The first-order valence-electron chi connectivity index (χ1n) is 12.8. The maximum Gasteiger partial charge on any atom is 0.337 e. The van der Waals surface area contributed by atoms with Crippen LogP contribution in [-0.4, -0.2) is 27.9 Å². The normalized spacial score (nSPS) is 22.4. The van der Waals surface area contributed by atoms with E-state index in [0.29, 0.717) is 23.3 Å². The van der Waals surface area contributed by atoms with Crippen LogP contribution in [0.5, 0.6) is 5.75 Å². The van der Waals surface area contributed by atoms with Gasteiger partial charge in [-0.15, -0.1) is 0 Å². The average Bonchev–Trinajstić information content (AvgIpc) is 2.89. The number of aromatic hydroxyl groups is 1. The Balaban J connectivity index is 1.58. The highest BCUT2D eigenvalue weighted by Crippen LogP contribution is 2.47. The van der Waals surface area contributed by atoms with Crippen LogP contribution in [-0.2, 0) is 14.3 Å². The molecule has 2 aliphatic carbocycles. The number of nitrogens with zero attached hydrogens (tertiary/aromatic N) is 1. The van der Waals surface area contributed by atoms with Gasteiger partial charge in [0.1, 0.15) is 6.10 Å². The second-order valence-corrected chi connectivity index (χ2v) is 10.1. The molecule has 0 spiro atoms. The van der Waals surface area contributed by atoms with Crippen LogP contribution < -0.4 is 5.32 Å². The minimum Gasteiger partial charge on any atom is -0.502 e. The van der Waals surface area contributed by atoms with Gasteiger partial charge in [-0.3, -0.25) is 14.9 Å². The van der Waals surface area contributed by atoms with Crippen molar-refractivity contribution in [2.75, 3.05) is 0 Å². The van der Waals surface area contributed by atoms with Gasteiger partial charge in [0.15, 0.2) is 11.5 Å². The molecular weight excluding hydrogens is 472 g/mol. The molecule has 1 fully saturated rings. The van der Waals surface area contributed by atoms with Crippen LogP contribution in [0, 0.1) is 10.1 Å². The number of nitro groups is 1. The first kappa shape index (κ1) is 24.7. The second-order valence-electron chi connectivity index (χ2n) is 10.1. The number of benzene rings is 2. The lowest BCUT2D eigenvalue weighted by atomic mass is 9.71. The molecule has 192 valence electrons. The summed E-state index contributed by atoms with van der Waals surface area (Å²) in [5.74, 6) is -1.93. The molecule has 0 aromatic heterocycles. The number of esters is 1. The molecular formula is C29H30N2O6. The number of ether oxygens (including phenoxy) is 1. The fraction of sp³-hybridized carbons (Fsp3) is 0.379. The number of nitrogens with one attached hydrogen (secondary N) is 1. The predicted molar refractivity (Wildman–Crippen MR) is 137 cm³/mol. The van der Waals surface area contributed by atoms with E-state index in [2.05, 4.69) is 5.32 Å². The molecule has 1 aliphatic heterocycles. The molecule has 2 N–H and O–H groups in total. The highest BCUT2D eigenvalue weighted by Gasteiger charge is 2.42. The van der Waals surface area contributed by atoms with Crippen LogP contribution in [0.4, 0.5) is 5.69 Å². The van der Waals surface area contributed by atoms with E-state index in [9.17, 15) is 24.8 Å². The van der Waals surface area contributed by atoms with Crippen molar-refractivity contribution in [2.24, 2.45) is 0 Å². The third-order valence-corrected chi connectivity index (χ3v) is 7.67. The predicted octanol–water partition coefficient (Wildman–Crippen LogP) is 5.54. The Morgan fingerprint density at radius 3 is 2.49 bits per heavy atom. The molecule has 37 heavy (non-hydrogen) atoms. The summed E-state index contributed by atoms with van der Waals surface area (Å²) in [6.07, 6.45) is 5.36. The number of rotatable bonds is 5. The lowest BCUT2D eigenvalue weighted by Gasteiger charge is -2.37. The van der Waals surface area contributed by atoms with Gasteiger partial charge < -0.3 is 15.2 Å². The standard InChI is InChI=1S/C29H30N2O6/c1-17-26(29(34)37-21-10-6-3-7-11-21)27(19-12-13-24(32)23(15-19)31(35)36)28-22(30-17)14-20(16-25(28)33)18-8-4-2-5-9-18/h2,4-5,8-9,12-13,15,20-21,27,30,32H,3,6-7,10-11,14,16H2,1H3. The first-order chi connectivity index (χ1) is 17.8. The number of nitro benzene ring substituents is 1. The van der Waals surface area contributed by atoms with Gasteiger partial charge in [-0.2, -0.15) is 0 Å². The maximum atomic E-state index is 13.7. The lowest BCUT2D eigenvalue weighted by molar-refractivity contribution is -0.385. The van der Waals surface area contributed by atoms with Crippen molar-refractivity contribution in [1.82, 2.24) is 5.32 Å². The minimum absolute atomic E-state index is 0.0155. The van der Waals surface area contributed by atoms with Gasteiger partial charge in [0.25, 0.3) is 0 Å². The SMILES string of the molecule is CC1=C(C(=O)OC2CCCCC2)C(c2ccc(O)c([N+](=O)[O-])c2)C2=C(CC(c3ccccc3)CC2=O)N1. The fourth-order valence-corrected chi connectivity index (χ4v) is 5.87. The first-order valence-corrected chi connectivity index (χ1v) is 12.8. The largest absolute Gasteiger partial charge is 0.502 e. The number of carbonyl (C=O) groups is 2. The molecule has 8 heteroatoms. The molecule has 0 amide bonds. The zero-order valence-electron chi connectivity index (χ0n) is 20.7. The van der Waals surface area contributed by atoms with Crippen molar-refractivity contribution < 1.29 is 24.4 Å². The topological polar surface area (TPSA) is 119 Å². The number of hydrogen-bond donors (Lipinski definition) is 2. The molecule has 1 heterocycles. The number of Topliss-reactive ketones (excluding diaryl/α,β-unsaturated/α-hetero) is 1. The van der Waals surface area contributed by atoms with Gasteiger partial charge in [-0.05, 0) is 62.1 Å². The molecule has 0 radical (unpaired) electrons. The minimum atomic E-state index is -0.823. The Morgan fingerprint density at radius 2 is 1.78 bits per heavy atom. The smallest absolute Gasteiger partial charge is 0.337 e. The van der Waals surface area contributed by atoms with Gasteiger partial charge in [-0.1, -0.05) is 42.8 Å². The number of dihydropyridines is 1. The summed E-state index contributed by atoms with van der Waals surface area (Å²) in [5.41, 5.74) is 3.01. The van der Waals surface area contributed by atoms with Crippen molar-refractivity contribution in [2.45, 2.75) is 69.8 Å². The summed E-state index contributed by atoms with van der Waals surface area (Å²) >= 11 is 0. The Bertz CT molecular complexity index is 1310. The zero-order chi connectivity index (χ0) is 26.1. The second kappa shape index (κ2) is 10.2. The highest BCUT2D eigenvalue weighted by molar-refractivity contribution is 6.04. The lowest BCUT2D eigenvalue weighted by Crippen LogP contribution is -2.37. The summed E-state index contributed by atoms with van der Waals surface area (Å²) in [6, 6.07) is 13.9. The molecule has 0 saturated heterocycles. The summed E-state index contributed by atoms with van der Waals surface area (Å²) in [7, 11) is 0. The number of phenols is 1. The van der Waals surface area contributed by atoms with Crippen molar-refractivity contribution in [3.05, 3.63) is 92.3 Å². The molecule has 0 bridgehead atoms. The quantitative estimate of drug-likeness (QED) is 0.313. The molecule has 2 atom stereocenters. The molecule has 2 aromatic rings. The molecule has 8 nitrogen and oxygen atoms in total. The van der Waals surface area contributed by atoms with Crippen LogP contribution >= 0.6 is 0 Å². The molecule has 1 saturated carbocycles. The van der Waals surface area contributed by atoms with E-state index in [-0.39, 0.29) is 29.8 Å². The number of hydrogen-bond acceptors (Lipinski definition) is 7. The number of ketones is 1. The Morgan fingerprint density at radius 1 is 1.05 bits per heavy atom. The molecule has 5 rings (SSSR count). The van der Waals surface area contributed by atoms with Gasteiger partial charge in [0, 0.05) is 35.4 Å². The van der Waals surface area contributed by atoms with Gasteiger partial charge in [0.2, 0.25) is 0 Å². The fourth-order valence-electron chi connectivity index (χ4n) is 5.87. The molecule has 3 aliphatic rings. The van der Waals surface area contributed by atoms with Crippen LogP contribution in [0.25, 0.3) is 0 Å². The monoisotopic (exact) mass is 502 g/mol. The van der Waals surface area contributed by atoms with E-state index in [1.165, 1.54) is 12.1 Å². The van der Waals surface area contributed by atoms with E-state index < -0.39 is 28.2 Å². The van der Waals surface area contributed by atoms with Gasteiger partial charge in [-0.25, -0.2) is 4.79 Å².